The lowest BCUT2D eigenvalue weighted by atomic mass is 10.1. The first-order valence-corrected chi connectivity index (χ1v) is 10.1. The van der Waals surface area contributed by atoms with Gasteiger partial charge in [-0.15, -0.1) is 11.8 Å². The van der Waals surface area contributed by atoms with Crippen LogP contribution in [-0.4, -0.2) is 23.2 Å². The Labute approximate surface area is 178 Å². The summed E-state index contributed by atoms with van der Waals surface area (Å²) in [5, 5.41) is 12.6. The number of nitrogens with one attached hydrogen (secondary N) is 1. The molecule has 2 N–H and O–H groups in total. The number of hydrogen-bond donors (Lipinski definition) is 2. The van der Waals surface area contributed by atoms with E-state index in [-0.39, 0.29) is 0 Å². The van der Waals surface area contributed by atoms with E-state index in [1.165, 1.54) is 11.8 Å². The maximum absolute atomic E-state index is 11.0. The monoisotopic (exact) mass is 426 g/mol. The molecule has 0 atom stereocenters. The Bertz CT molecular complexity index is 1030. The summed E-state index contributed by atoms with van der Waals surface area (Å²) >= 11 is 7.69. The van der Waals surface area contributed by atoms with Crippen LogP contribution in [0.4, 0.5) is 11.4 Å². The first-order chi connectivity index (χ1) is 14.0. The zero-order chi connectivity index (χ0) is 20.6. The Morgan fingerprint density at radius 1 is 1.21 bits per heavy atom. The van der Waals surface area contributed by atoms with E-state index in [2.05, 4.69) is 22.4 Å². The average molecular weight is 427 g/mol. The van der Waals surface area contributed by atoms with Crippen LogP contribution >= 0.6 is 23.4 Å². The quantitative estimate of drug-likeness (QED) is 0.266. The van der Waals surface area contributed by atoms with Crippen LogP contribution in [0, 0.1) is 0 Å². The van der Waals surface area contributed by atoms with Gasteiger partial charge in [-0.25, -0.2) is 9.78 Å². The summed E-state index contributed by atoms with van der Waals surface area (Å²) in [5.74, 6) is 0.344. The molecule has 1 aromatic heterocycles. The molecule has 29 heavy (non-hydrogen) atoms. The molecule has 0 saturated carbocycles. The highest BCUT2D eigenvalue weighted by Crippen LogP contribution is 2.33. The Kier molecular flexibility index (Phi) is 7.16. The highest BCUT2D eigenvalue weighted by molar-refractivity contribution is 7.98. The molecule has 0 saturated heterocycles. The zero-order valence-electron chi connectivity index (χ0n) is 15.6. The van der Waals surface area contributed by atoms with Crippen molar-refractivity contribution in [3.63, 3.8) is 0 Å². The maximum Gasteiger partial charge on any atom is 0.328 e. The summed E-state index contributed by atoms with van der Waals surface area (Å²) in [5.41, 5.74) is 3.33. The minimum atomic E-state index is -1.01. The molecule has 0 unspecified atom stereocenters. The second kappa shape index (κ2) is 10.0. The molecule has 3 rings (SSSR count). The molecule has 0 aliphatic rings. The van der Waals surface area contributed by atoms with E-state index < -0.39 is 5.97 Å². The van der Waals surface area contributed by atoms with E-state index in [0.717, 1.165) is 28.0 Å². The predicted molar refractivity (Wildman–Crippen MR) is 118 cm³/mol. The lowest BCUT2D eigenvalue weighted by molar-refractivity contribution is -0.131. The number of pyridine rings is 1. The Morgan fingerprint density at radius 2 is 2.00 bits per heavy atom. The molecule has 0 spiro atoms. The van der Waals surface area contributed by atoms with Gasteiger partial charge >= 0.3 is 5.97 Å². The fraction of sp³-hybridized carbons (Fsp3) is 0.0909. The molecule has 2 aromatic carbocycles. The van der Waals surface area contributed by atoms with Crippen molar-refractivity contribution in [3.8, 4) is 5.75 Å². The van der Waals surface area contributed by atoms with Crippen molar-refractivity contribution >= 4 is 46.8 Å². The van der Waals surface area contributed by atoms with Gasteiger partial charge in [0.25, 0.3) is 0 Å². The summed E-state index contributed by atoms with van der Waals surface area (Å²) < 4.78 is 5.32. The van der Waals surface area contributed by atoms with Gasteiger partial charge in [0, 0.05) is 28.5 Å². The second-order valence-electron chi connectivity index (χ2n) is 6.03. The van der Waals surface area contributed by atoms with E-state index in [9.17, 15) is 4.79 Å². The molecule has 0 fully saturated rings. The van der Waals surface area contributed by atoms with Gasteiger partial charge in [-0.1, -0.05) is 41.9 Å². The standard InChI is InChI=1S/C22H19ClN2O3S/c1-28-20-13-24-21(23)12-19(20)25-18-9-8-17(11-16(18)7-10-22(26)27)29-14-15-5-3-2-4-6-15/h2-13H,14H2,1H3,(H,24,25)(H,26,27). The first-order valence-electron chi connectivity index (χ1n) is 8.73. The number of aliphatic carboxylic acids is 1. The minimum absolute atomic E-state index is 0.325. The van der Waals surface area contributed by atoms with E-state index in [0.29, 0.717) is 16.6 Å². The summed E-state index contributed by atoms with van der Waals surface area (Å²) in [4.78, 5) is 16.1. The highest BCUT2D eigenvalue weighted by atomic mass is 35.5. The SMILES string of the molecule is COc1cnc(Cl)cc1Nc1ccc(SCc2ccccc2)cc1C=CC(=O)O. The molecule has 0 amide bonds. The number of carboxylic acid groups (broad SMARTS) is 1. The number of ether oxygens (including phenoxy) is 1. The molecule has 1 heterocycles. The maximum atomic E-state index is 11.0. The van der Waals surface area contributed by atoms with Crippen molar-refractivity contribution in [1.29, 1.82) is 0 Å². The molecule has 148 valence electrons. The van der Waals surface area contributed by atoms with Crippen molar-refractivity contribution < 1.29 is 14.6 Å². The van der Waals surface area contributed by atoms with Gasteiger partial charge in [0.1, 0.15) is 5.15 Å². The van der Waals surface area contributed by atoms with Gasteiger partial charge in [-0.2, -0.15) is 0 Å². The van der Waals surface area contributed by atoms with Gasteiger partial charge in [-0.05, 0) is 35.4 Å². The second-order valence-corrected chi connectivity index (χ2v) is 7.46. The van der Waals surface area contributed by atoms with Crippen LogP contribution in [0.3, 0.4) is 0 Å². The van der Waals surface area contributed by atoms with Gasteiger partial charge in [0.2, 0.25) is 0 Å². The molecular weight excluding hydrogens is 408 g/mol. The fourth-order valence-corrected chi connectivity index (χ4v) is 3.67. The average Bonchev–Trinajstić information content (AvgIpc) is 2.73. The zero-order valence-corrected chi connectivity index (χ0v) is 17.2. The third-order valence-electron chi connectivity index (χ3n) is 4.00. The number of hydrogen-bond acceptors (Lipinski definition) is 5. The molecule has 7 heteroatoms. The topological polar surface area (TPSA) is 71.5 Å². The smallest absolute Gasteiger partial charge is 0.328 e. The number of carbonyl (C=O) groups is 1. The molecule has 0 aliphatic carbocycles. The van der Waals surface area contributed by atoms with Crippen LogP contribution in [-0.2, 0) is 10.5 Å². The van der Waals surface area contributed by atoms with Crippen molar-refractivity contribution in [2.24, 2.45) is 0 Å². The number of halogens is 1. The number of thioether (sulfide) groups is 1. The first kappa shape index (κ1) is 20.8. The van der Waals surface area contributed by atoms with Gasteiger partial charge in [0.05, 0.1) is 19.0 Å². The predicted octanol–water partition coefficient (Wildman–Crippen LogP) is 5.88. The number of aromatic nitrogens is 1. The summed E-state index contributed by atoms with van der Waals surface area (Å²) in [6.07, 6.45) is 4.21. The number of methoxy groups -OCH3 is 1. The number of nitrogens with zero attached hydrogens (tertiary/aromatic N) is 1. The van der Waals surface area contributed by atoms with Crippen molar-refractivity contribution in [1.82, 2.24) is 4.98 Å². The molecule has 0 bridgehead atoms. The molecule has 5 nitrogen and oxygen atoms in total. The molecule has 0 radical (unpaired) electrons. The van der Waals surface area contributed by atoms with E-state index >= 15 is 0 Å². The molecular formula is C22H19ClN2O3S. The van der Waals surface area contributed by atoms with E-state index in [1.807, 2.05) is 36.4 Å². The number of benzene rings is 2. The Morgan fingerprint density at radius 3 is 2.72 bits per heavy atom. The molecule has 0 aliphatic heterocycles. The van der Waals surface area contributed by atoms with Gasteiger partial charge < -0.3 is 15.2 Å². The van der Waals surface area contributed by atoms with E-state index in [4.69, 9.17) is 21.4 Å². The van der Waals surface area contributed by atoms with Crippen LogP contribution in [0.2, 0.25) is 5.15 Å². The van der Waals surface area contributed by atoms with E-state index in [1.54, 1.807) is 31.0 Å². The van der Waals surface area contributed by atoms with Crippen molar-refractivity contribution in [3.05, 3.63) is 83.2 Å². The van der Waals surface area contributed by atoms with Crippen LogP contribution in [0.15, 0.2) is 71.8 Å². The van der Waals surface area contributed by atoms with Crippen molar-refractivity contribution in [2.75, 3.05) is 12.4 Å². The fourth-order valence-electron chi connectivity index (χ4n) is 2.61. The summed E-state index contributed by atoms with van der Waals surface area (Å²) in [6.45, 7) is 0. The molecule has 3 aromatic rings. The third kappa shape index (κ3) is 6.01. The summed E-state index contributed by atoms with van der Waals surface area (Å²) in [7, 11) is 1.55. The van der Waals surface area contributed by atoms with Crippen molar-refractivity contribution in [2.45, 2.75) is 10.6 Å². The number of carboxylic acids is 1. The lowest BCUT2D eigenvalue weighted by Crippen LogP contribution is -1.98. The Hall–Kier alpha value is -2.96. The van der Waals surface area contributed by atoms with Crippen LogP contribution < -0.4 is 10.1 Å². The van der Waals surface area contributed by atoms with Crippen LogP contribution in [0.1, 0.15) is 11.1 Å². The van der Waals surface area contributed by atoms with Gasteiger partial charge in [-0.3, -0.25) is 0 Å². The van der Waals surface area contributed by atoms with Crippen LogP contribution in [0.25, 0.3) is 6.08 Å². The Balaban J connectivity index is 1.88. The minimum Gasteiger partial charge on any atom is -0.493 e. The number of rotatable bonds is 8. The highest BCUT2D eigenvalue weighted by Gasteiger charge is 2.09. The van der Waals surface area contributed by atoms with Gasteiger partial charge in [0.15, 0.2) is 5.75 Å². The normalized spacial score (nSPS) is 10.8. The number of anilines is 2. The largest absolute Gasteiger partial charge is 0.493 e. The summed E-state index contributed by atoms with van der Waals surface area (Å²) in [6, 6.07) is 17.7. The van der Waals surface area contributed by atoms with Crippen LogP contribution in [0.5, 0.6) is 5.75 Å². The lowest BCUT2D eigenvalue weighted by Gasteiger charge is -2.14. The third-order valence-corrected chi connectivity index (χ3v) is 5.27.